The molecule has 0 bridgehead atoms. The maximum absolute atomic E-state index is 12.7. The van der Waals surface area contributed by atoms with Gasteiger partial charge in [0, 0.05) is 24.3 Å². The van der Waals surface area contributed by atoms with Gasteiger partial charge in [-0.25, -0.2) is 0 Å². The third kappa shape index (κ3) is 3.33. The summed E-state index contributed by atoms with van der Waals surface area (Å²) in [6, 6.07) is 3.74. The Labute approximate surface area is 141 Å². The highest BCUT2D eigenvalue weighted by Crippen LogP contribution is 2.20. The van der Waals surface area contributed by atoms with Crippen LogP contribution in [0, 0.1) is 27.7 Å². The minimum Gasteiger partial charge on any atom is -0.371 e. The van der Waals surface area contributed by atoms with Gasteiger partial charge >= 0.3 is 0 Å². The molecule has 3 heterocycles. The van der Waals surface area contributed by atoms with Crippen LogP contribution in [0.4, 0.5) is 0 Å². The van der Waals surface area contributed by atoms with Crippen molar-refractivity contribution in [1.29, 1.82) is 0 Å². The quantitative estimate of drug-likeness (QED) is 0.863. The molecule has 1 aliphatic rings. The molecule has 0 radical (unpaired) electrons. The van der Waals surface area contributed by atoms with Gasteiger partial charge in [0.2, 0.25) is 0 Å². The molecule has 0 aliphatic carbocycles. The zero-order valence-electron chi connectivity index (χ0n) is 14.6. The van der Waals surface area contributed by atoms with Gasteiger partial charge in [0.25, 0.3) is 5.91 Å². The van der Waals surface area contributed by atoms with Crippen molar-refractivity contribution in [2.75, 3.05) is 13.1 Å². The zero-order valence-corrected chi connectivity index (χ0v) is 14.6. The maximum Gasteiger partial charge on any atom is 0.255 e. The van der Waals surface area contributed by atoms with Crippen LogP contribution in [-0.4, -0.2) is 40.1 Å². The third-order valence-electron chi connectivity index (χ3n) is 4.53. The molecule has 6 heteroatoms. The second kappa shape index (κ2) is 6.73. The number of rotatable bonds is 4. The Morgan fingerprint density at radius 3 is 2.75 bits per heavy atom. The summed E-state index contributed by atoms with van der Waals surface area (Å²) in [4.78, 5) is 18.9. The Morgan fingerprint density at radius 2 is 2.08 bits per heavy atom. The van der Waals surface area contributed by atoms with Gasteiger partial charge in [0.05, 0.1) is 29.7 Å². The topological polar surface area (TPSA) is 68.5 Å². The predicted molar refractivity (Wildman–Crippen MR) is 88.8 cm³/mol. The number of amides is 1. The summed E-state index contributed by atoms with van der Waals surface area (Å²) >= 11 is 0. The Kier molecular flexibility index (Phi) is 4.66. The summed E-state index contributed by atoms with van der Waals surface area (Å²) in [6.07, 6.45) is 0.884. The van der Waals surface area contributed by atoms with Crippen molar-refractivity contribution in [2.24, 2.45) is 0 Å². The smallest absolute Gasteiger partial charge is 0.255 e. The number of carbonyl (C=O) groups is 1. The second-order valence-corrected chi connectivity index (χ2v) is 6.36. The lowest BCUT2D eigenvalue weighted by atomic mass is 10.1. The van der Waals surface area contributed by atoms with Gasteiger partial charge in [-0.05, 0) is 46.2 Å². The first-order chi connectivity index (χ1) is 11.5. The predicted octanol–water partition coefficient (Wildman–Crippen LogP) is 2.73. The van der Waals surface area contributed by atoms with Gasteiger partial charge < -0.3 is 14.2 Å². The van der Waals surface area contributed by atoms with Gasteiger partial charge in [0.1, 0.15) is 5.76 Å². The molecular weight excluding hydrogens is 306 g/mol. The molecule has 128 valence electrons. The van der Waals surface area contributed by atoms with Crippen LogP contribution < -0.4 is 0 Å². The molecule has 0 saturated carbocycles. The van der Waals surface area contributed by atoms with Crippen molar-refractivity contribution in [3.63, 3.8) is 0 Å². The van der Waals surface area contributed by atoms with Gasteiger partial charge in [-0.1, -0.05) is 5.16 Å². The van der Waals surface area contributed by atoms with Crippen molar-refractivity contribution in [2.45, 2.75) is 46.8 Å². The molecule has 0 aromatic carbocycles. The number of aryl methyl sites for hydroxylation is 4. The van der Waals surface area contributed by atoms with E-state index in [0.29, 0.717) is 25.3 Å². The molecule has 6 nitrogen and oxygen atoms in total. The molecule has 2 aromatic rings. The van der Waals surface area contributed by atoms with Crippen LogP contribution in [0.25, 0.3) is 0 Å². The van der Waals surface area contributed by atoms with Crippen molar-refractivity contribution >= 4 is 5.91 Å². The summed E-state index contributed by atoms with van der Waals surface area (Å²) in [5.74, 6) is 0.822. The van der Waals surface area contributed by atoms with Crippen LogP contribution in [-0.2, 0) is 11.3 Å². The first-order valence-electron chi connectivity index (χ1n) is 8.22. The fourth-order valence-corrected chi connectivity index (χ4v) is 3.04. The molecule has 1 atom stereocenters. The Bertz CT molecular complexity index is 734. The van der Waals surface area contributed by atoms with Crippen LogP contribution in [0.15, 0.2) is 16.7 Å². The third-order valence-corrected chi connectivity index (χ3v) is 4.53. The maximum atomic E-state index is 12.7. The molecule has 1 amide bonds. The standard InChI is InChI=1S/C18H23N3O3/c1-11-5-6-16(12(2)19-11)18(22)21-8-7-15(9-21)23-10-17-13(3)20-24-14(17)4/h5-6,15H,7-10H2,1-4H3. The van der Waals surface area contributed by atoms with Gasteiger partial charge in [0.15, 0.2) is 0 Å². The lowest BCUT2D eigenvalue weighted by molar-refractivity contribution is 0.0430. The average molecular weight is 329 g/mol. The summed E-state index contributed by atoms with van der Waals surface area (Å²) < 4.78 is 11.1. The van der Waals surface area contributed by atoms with Gasteiger partial charge in [-0.15, -0.1) is 0 Å². The summed E-state index contributed by atoms with van der Waals surface area (Å²) in [7, 11) is 0. The van der Waals surface area contributed by atoms with E-state index in [4.69, 9.17) is 9.26 Å². The van der Waals surface area contributed by atoms with Crippen LogP contribution in [0.3, 0.4) is 0 Å². The van der Waals surface area contributed by atoms with E-state index in [0.717, 1.165) is 34.8 Å². The molecule has 0 spiro atoms. The van der Waals surface area contributed by atoms with Gasteiger partial charge in [-0.2, -0.15) is 0 Å². The van der Waals surface area contributed by atoms with E-state index in [9.17, 15) is 4.79 Å². The van der Waals surface area contributed by atoms with Crippen LogP contribution in [0.2, 0.25) is 0 Å². The average Bonchev–Trinajstić information content (AvgIpc) is 3.12. The molecule has 1 fully saturated rings. The highest BCUT2D eigenvalue weighted by atomic mass is 16.5. The Hall–Kier alpha value is -2.21. The van der Waals surface area contributed by atoms with Crippen LogP contribution >= 0.6 is 0 Å². The van der Waals surface area contributed by atoms with E-state index in [-0.39, 0.29) is 12.0 Å². The van der Waals surface area contributed by atoms with Crippen molar-refractivity contribution < 1.29 is 14.1 Å². The van der Waals surface area contributed by atoms with E-state index in [1.807, 2.05) is 44.7 Å². The number of hydrogen-bond donors (Lipinski definition) is 0. The van der Waals surface area contributed by atoms with E-state index >= 15 is 0 Å². The largest absolute Gasteiger partial charge is 0.371 e. The molecule has 1 aliphatic heterocycles. The normalized spacial score (nSPS) is 17.5. The number of ether oxygens (including phenoxy) is 1. The number of pyridine rings is 1. The lowest BCUT2D eigenvalue weighted by Crippen LogP contribution is -2.30. The molecular formula is C18H23N3O3. The number of carbonyl (C=O) groups excluding carboxylic acids is 1. The number of likely N-dealkylation sites (tertiary alicyclic amines) is 1. The molecule has 3 rings (SSSR count). The molecule has 0 N–H and O–H groups in total. The minimum absolute atomic E-state index is 0.0310. The van der Waals surface area contributed by atoms with Gasteiger partial charge in [-0.3, -0.25) is 9.78 Å². The minimum atomic E-state index is 0.0310. The second-order valence-electron chi connectivity index (χ2n) is 6.36. The SMILES string of the molecule is Cc1ccc(C(=O)N2CCC(OCc3c(C)noc3C)C2)c(C)n1. The first kappa shape index (κ1) is 16.6. The summed E-state index contributed by atoms with van der Waals surface area (Å²) in [5.41, 5.74) is 4.23. The van der Waals surface area contributed by atoms with E-state index in [1.165, 1.54) is 0 Å². The number of hydrogen-bond acceptors (Lipinski definition) is 5. The molecule has 24 heavy (non-hydrogen) atoms. The van der Waals surface area contributed by atoms with Crippen molar-refractivity contribution in [1.82, 2.24) is 15.0 Å². The molecule has 1 saturated heterocycles. The van der Waals surface area contributed by atoms with E-state index in [1.54, 1.807) is 0 Å². The number of aromatic nitrogens is 2. The van der Waals surface area contributed by atoms with Crippen LogP contribution in [0.1, 0.15) is 45.2 Å². The molecule has 1 unspecified atom stereocenters. The highest BCUT2D eigenvalue weighted by molar-refractivity contribution is 5.95. The summed E-state index contributed by atoms with van der Waals surface area (Å²) in [6.45, 7) is 9.38. The van der Waals surface area contributed by atoms with E-state index in [2.05, 4.69) is 10.1 Å². The fraction of sp³-hybridized carbons (Fsp3) is 0.500. The molecule has 2 aromatic heterocycles. The first-order valence-corrected chi connectivity index (χ1v) is 8.22. The van der Waals surface area contributed by atoms with Crippen LogP contribution in [0.5, 0.6) is 0 Å². The Balaban J connectivity index is 1.60. The van der Waals surface area contributed by atoms with Crippen molar-refractivity contribution in [3.05, 3.63) is 46.1 Å². The number of nitrogens with zero attached hydrogens (tertiary/aromatic N) is 3. The Morgan fingerprint density at radius 1 is 1.29 bits per heavy atom. The highest BCUT2D eigenvalue weighted by Gasteiger charge is 2.29. The van der Waals surface area contributed by atoms with Crippen molar-refractivity contribution in [3.8, 4) is 0 Å². The zero-order chi connectivity index (χ0) is 17.3. The van der Waals surface area contributed by atoms with E-state index < -0.39 is 0 Å². The lowest BCUT2D eigenvalue weighted by Gasteiger charge is -2.18. The summed E-state index contributed by atoms with van der Waals surface area (Å²) in [5, 5.41) is 3.93. The fourth-order valence-electron chi connectivity index (χ4n) is 3.04. The monoisotopic (exact) mass is 329 g/mol.